The summed E-state index contributed by atoms with van der Waals surface area (Å²) in [4.78, 5) is 25.5. The summed E-state index contributed by atoms with van der Waals surface area (Å²) in [7, 11) is 0. The zero-order valence-electron chi connectivity index (χ0n) is 13.5. The van der Waals surface area contributed by atoms with Gasteiger partial charge in [0.05, 0.1) is 6.04 Å². The summed E-state index contributed by atoms with van der Waals surface area (Å²) in [5.74, 6) is 0.0939. The lowest BCUT2D eigenvalue weighted by molar-refractivity contribution is -0.127. The van der Waals surface area contributed by atoms with Gasteiger partial charge in [0.15, 0.2) is 0 Å². The van der Waals surface area contributed by atoms with Crippen LogP contribution in [0.3, 0.4) is 0 Å². The first-order valence-corrected chi connectivity index (χ1v) is 8.56. The number of piperidine rings is 1. The first-order chi connectivity index (χ1) is 11.2. The summed E-state index contributed by atoms with van der Waals surface area (Å²) < 4.78 is 1.89. The molecule has 2 aliphatic rings. The molecule has 2 aliphatic heterocycles. The topological polar surface area (TPSA) is 79.3 Å². The summed E-state index contributed by atoms with van der Waals surface area (Å²) in [6.07, 6.45) is 6.53. The highest BCUT2D eigenvalue weighted by Crippen LogP contribution is 2.15. The molecule has 3 heterocycles. The van der Waals surface area contributed by atoms with Crippen LogP contribution in [0.25, 0.3) is 0 Å². The van der Waals surface area contributed by atoms with E-state index < -0.39 is 0 Å². The molecule has 1 atom stereocenters. The van der Waals surface area contributed by atoms with Gasteiger partial charge in [-0.05, 0) is 38.3 Å². The number of rotatable bonds is 6. The highest BCUT2D eigenvalue weighted by Gasteiger charge is 2.20. The second-order valence-corrected chi connectivity index (χ2v) is 6.27. The number of nitrogens with one attached hydrogen (secondary N) is 2. The van der Waals surface area contributed by atoms with Crippen molar-refractivity contribution in [3.63, 3.8) is 0 Å². The lowest BCUT2D eigenvalue weighted by Gasteiger charge is -2.22. The molecule has 2 fully saturated rings. The molecule has 1 unspecified atom stereocenters. The van der Waals surface area contributed by atoms with E-state index in [4.69, 9.17) is 0 Å². The maximum Gasteiger partial charge on any atom is 0.271 e. The van der Waals surface area contributed by atoms with Crippen molar-refractivity contribution in [3.8, 4) is 0 Å². The second kappa shape index (κ2) is 7.59. The molecule has 126 valence electrons. The van der Waals surface area contributed by atoms with Gasteiger partial charge in [0, 0.05) is 38.8 Å². The van der Waals surface area contributed by atoms with E-state index in [1.807, 2.05) is 15.8 Å². The fourth-order valence-electron chi connectivity index (χ4n) is 3.22. The minimum Gasteiger partial charge on any atom is -0.351 e. The number of aromatic nitrogens is 2. The predicted octanol–water partition coefficient (Wildman–Crippen LogP) is 0.550. The Morgan fingerprint density at radius 1 is 1.43 bits per heavy atom. The van der Waals surface area contributed by atoms with Gasteiger partial charge in [-0.25, -0.2) is 0 Å². The Balaban J connectivity index is 1.41. The molecule has 0 aliphatic carbocycles. The van der Waals surface area contributed by atoms with Crippen molar-refractivity contribution in [1.82, 2.24) is 25.3 Å². The molecule has 7 nitrogen and oxygen atoms in total. The first kappa shape index (κ1) is 16.0. The molecule has 2 amide bonds. The Hall–Kier alpha value is -1.89. The number of carbonyl (C=O) groups excluding carboxylic acids is 2. The van der Waals surface area contributed by atoms with Crippen LogP contribution in [-0.2, 0) is 4.79 Å². The van der Waals surface area contributed by atoms with Crippen molar-refractivity contribution < 1.29 is 9.59 Å². The van der Waals surface area contributed by atoms with Gasteiger partial charge in [-0.1, -0.05) is 0 Å². The van der Waals surface area contributed by atoms with E-state index in [0.29, 0.717) is 24.7 Å². The molecule has 0 radical (unpaired) electrons. The third-order valence-corrected chi connectivity index (χ3v) is 4.55. The Morgan fingerprint density at radius 3 is 3.09 bits per heavy atom. The van der Waals surface area contributed by atoms with Crippen LogP contribution < -0.4 is 10.6 Å². The Bertz CT molecular complexity index is 550. The zero-order chi connectivity index (χ0) is 16.1. The molecule has 0 saturated carbocycles. The van der Waals surface area contributed by atoms with E-state index in [1.165, 1.54) is 0 Å². The molecule has 2 saturated heterocycles. The molecule has 0 bridgehead atoms. The van der Waals surface area contributed by atoms with E-state index in [9.17, 15) is 9.59 Å². The Morgan fingerprint density at radius 2 is 2.35 bits per heavy atom. The fraction of sp³-hybridized carbons (Fsp3) is 0.688. The minimum atomic E-state index is -0.139. The van der Waals surface area contributed by atoms with Crippen LogP contribution in [0, 0.1) is 0 Å². The van der Waals surface area contributed by atoms with Crippen LogP contribution in [0.4, 0.5) is 0 Å². The summed E-state index contributed by atoms with van der Waals surface area (Å²) in [6, 6.07) is 2.11. The number of amides is 2. The summed E-state index contributed by atoms with van der Waals surface area (Å²) in [5.41, 5.74) is 0.466. The monoisotopic (exact) mass is 319 g/mol. The zero-order valence-corrected chi connectivity index (χ0v) is 13.5. The van der Waals surface area contributed by atoms with Gasteiger partial charge in [-0.3, -0.25) is 14.3 Å². The Kier molecular flexibility index (Phi) is 5.27. The Labute approximate surface area is 136 Å². The smallest absolute Gasteiger partial charge is 0.271 e. The molecular weight excluding hydrogens is 294 g/mol. The highest BCUT2D eigenvalue weighted by molar-refractivity contribution is 5.92. The maximum atomic E-state index is 12.1. The van der Waals surface area contributed by atoms with Crippen LogP contribution >= 0.6 is 0 Å². The quantitative estimate of drug-likeness (QED) is 0.751. The van der Waals surface area contributed by atoms with E-state index in [1.54, 1.807) is 6.07 Å². The average molecular weight is 319 g/mol. The number of hydrogen-bond donors (Lipinski definition) is 2. The van der Waals surface area contributed by atoms with Crippen molar-refractivity contribution >= 4 is 11.8 Å². The van der Waals surface area contributed by atoms with Crippen LogP contribution in [0.5, 0.6) is 0 Å². The van der Waals surface area contributed by atoms with Gasteiger partial charge in [0.1, 0.15) is 5.69 Å². The lowest BCUT2D eigenvalue weighted by atomic mass is 10.1. The molecule has 2 N–H and O–H groups in total. The van der Waals surface area contributed by atoms with Crippen LogP contribution in [0.15, 0.2) is 12.3 Å². The van der Waals surface area contributed by atoms with Gasteiger partial charge in [0.2, 0.25) is 5.91 Å². The summed E-state index contributed by atoms with van der Waals surface area (Å²) >= 11 is 0. The molecule has 3 rings (SSSR count). The van der Waals surface area contributed by atoms with Crippen molar-refractivity contribution in [2.45, 2.75) is 38.1 Å². The normalized spacial score (nSPS) is 21.7. The first-order valence-electron chi connectivity index (χ1n) is 8.56. The molecule has 0 spiro atoms. The average Bonchev–Trinajstić information content (AvgIpc) is 3.22. The molecule has 7 heteroatoms. The van der Waals surface area contributed by atoms with Crippen LogP contribution in [-0.4, -0.2) is 59.2 Å². The summed E-state index contributed by atoms with van der Waals surface area (Å²) in [6.45, 7) is 4.12. The maximum absolute atomic E-state index is 12.1. The third kappa shape index (κ3) is 4.10. The van der Waals surface area contributed by atoms with Crippen molar-refractivity contribution in [1.29, 1.82) is 0 Å². The van der Waals surface area contributed by atoms with E-state index in [0.717, 1.165) is 51.9 Å². The van der Waals surface area contributed by atoms with Gasteiger partial charge >= 0.3 is 0 Å². The van der Waals surface area contributed by atoms with Crippen LogP contribution in [0.1, 0.15) is 48.6 Å². The van der Waals surface area contributed by atoms with E-state index in [-0.39, 0.29) is 11.8 Å². The van der Waals surface area contributed by atoms with Crippen molar-refractivity contribution in [2.24, 2.45) is 0 Å². The third-order valence-electron chi connectivity index (χ3n) is 4.55. The number of likely N-dealkylation sites (tertiary alicyclic amines) is 1. The standard InChI is InChI=1S/C16H25N5O2/c22-15-5-2-9-20(15)10-3-8-18-16(23)14-6-11-21(19-14)13-4-1-7-17-12-13/h6,11,13,17H,1-5,7-10,12H2,(H,18,23). The van der Waals surface area contributed by atoms with Crippen LogP contribution in [0.2, 0.25) is 0 Å². The molecule has 1 aromatic heterocycles. The number of hydrogen-bond acceptors (Lipinski definition) is 4. The van der Waals surface area contributed by atoms with Gasteiger partial charge in [0.25, 0.3) is 5.91 Å². The molecular formula is C16H25N5O2. The van der Waals surface area contributed by atoms with E-state index in [2.05, 4.69) is 15.7 Å². The van der Waals surface area contributed by atoms with Gasteiger partial charge in [-0.15, -0.1) is 0 Å². The molecule has 0 aromatic carbocycles. The number of nitrogens with zero attached hydrogens (tertiary/aromatic N) is 3. The fourth-order valence-corrected chi connectivity index (χ4v) is 3.22. The van der Waals surface area contributed by atoms with Gasteiger partial charge < -0.3 is 15.5 Å². The van der Waals surface area contributed by atoms with Crippen molar-refractivity contribution in [3.05, 3.63) is 18.0 Å². The SMILES string of the molecule is O=C(NCCCN1CCCC1=O)c1ccn(C2CCCNC2)n1. The largest absolute Gasteiger partial charge is 0.351 e. The highest BCUT2D eigenvalue weighted by atomic mass is 16.2. The van der Waals surface area contributed by atoms with Gasteiger partial charge in [-0.2, -0.15) is 5.10 Å². The van der Waals surface area contributed by atoms with E-state index >= 15 is 0 Å². The summed E-state index contributed by atoms with van der Waals surface area (Å²) in [5, 5.41) is 10.6. The van der Waals surface area contributed by atoms with Crippen molar-refractivity contribution in [2.75, 3.05) is 32.7 Å². The molecule has 23 heavy (non-hydrogen) atoms. The minimum absolute atomic E-state index is 0.139. The second-order valence-electron chi connectivity index (χ2n) is 6.27. The number of carbonyl (C=O) groups is 2. The predicted molar refractivity (Wildman–Crippen MR) is 86.1 cm³/mol. The lowest BCUT2D eigenvalue weighted by Crippen LogP contribution is -2.32. The molecule has 1 aromatic rings.